The van der Waals surface area contributed by atoms with Gasteiger partial charge in [0.05, 0.1) is 5.54 Å². The van der Waals surface area contributed by atoms with Gasteiger partial charge >= 0.3 is 0 Å². The molecular formula is C10H19N. The lowest BCUT2D eigenvalue weighted by Gasteiger charge is -2.10. The third kappa shape index (κ3) is 9.41. The number of aliphatic imine (C=N–C) groups is 1. The molecule has 11 heavy (non-hydrogen) atoms. The van der Waals surface area contributed by atoms with E-state index in [-0.39, 0.29) is 5.54 Å². The molecule has 0 aliphatic carbocycles. The molecule has 0 aromatic carbocycles. The summed E-state index contributed by atoms with van der Waals surface area (Å²) in [5.74, 6) is 0. The van der Waals surface area contributed by atoms with E-state index in [9.17, 15) is 0 Å². The molecule has 0 spiro atoms. The van der Waals surface area contributed by atoms with Crippen molar-refractivity contribution >= 4 is 6.21 Å². The fourth-order valence-electron chi connectivity index (χ4n) is 0.692. The van der Waals surface area contributed by atoms with Crippen LogP contribution in [0.3, 0.4) is 0 Å². The SMILES string of the molecule is C=CCCCC=NC(C)(C)C. The molecule has 0 rings (SSSR count). The van der Waals surface area contributed by atoms with Crippen molar-refractivity contribution in [2.24, 2.45) is 4.99 Å². The lowest BCUT2D eigenvalue weighted by Crippen LogP contribution is -2.09. The van der Waals surface area contributed by atoms with E-state index in [1.807, 2.05) is 12.3 Å². The van der Waals surface area contributed by atoms with Crippen LogP contribution in [0.4, 0.5) is 0 Å². The Morgan fingerprint density at radius 3 is 2.36 bits per heavy atom. The van der Waals surface area contributed by atoms with Gasteiger partial charge in [0.25, 0.3) is 0 Å². The first-order valence-electron chi connectivity index (χ1n) is 4.21. The number of unbranched alkanes of at least 4 members (excludes halogenated alkanes) is 2. The van der Waals surface area contributed by atoms with Gasteiger partial charge in [-0.2, -0.15) is 0 Å². The molecule has 1 nitrogen and oxygen atoms in total. The Balaban J connectivity index is 3.37. The molecule has 0 atom stereocenters. The number of nitrogens with zero attached hydrogens (tertiary/aromatic N) is 1. The quantitative estimate of drug-likeness (QED) is 0.334. The van der Waals surface area contributed by atoms with Crippen molar-refractivity contribution in [3.8, 4) is 0 Å². The van der Waals surface area contributed by atoms with Crippen molar-refractivity contribution in [1.29, 1.82) is 0 Å². The van der Waals surface area contributed by atoms with Crippen molar-refractivity contribution in [2.75, 3.05) is 0 Å². The lowest BCUT2D eigenvalue weighted by atomic mass is 10.1. The Kier molecular flexibility index (Phi) is 4.84. The highest BCUT2D eigenvalue weighted by Gasteiger charge is 2.03. The summed E-state index contributed by atoms with van der Waals surface area (Å²) in [5, 5.41) is 0. The zero-order valence-corrected chi connectivity index (χ0v) is 7.93. The lowest BCUT2D eigenvalue weighted by molar-refractivity contribution is 0.584. The topological polar surface area (TPSA) is 12.4 Å². The van der Waals surface area contributed by atoms with Crippen LogP contribution in [0, 0.1) is 0 Å². The average Bonchev–Trinajstić information content (AvgIpc) is 1.85. The summed E-state index contributed by atoms with van der Waals surface area (Å²) in [5.41, 5.74) is 0.0914. The van der Waals surface area contributed by atoms with Crippen molar-refractivity contribution in [3.63, 3.8) is 0 Å². The standard InChI is InChI=1S/C10H19N/c1-5-6-7-8-9-11-10(2,3)4/h5,9H,1,6-8H2,2-4H3. The van der Waals surface area contributed by atoms with Gasteiger partial charge in [-0.1, -0.05) is 6.08 Å². The molecule has 0 amide bonds. The van der Waals surface area contributed by atoms with E-state index in [0.29, 0.717) is 0 Å². The van der Waals surface area contributed by atoms with Gasteiger partial charge in [0.15, 0.2) is 0 Å². The maximum atomic E-state index is 4.37. The number of hydrogen-bond donors (Lipinski definition) is 0. The van der Waals surface area contributed by atoms with E-state index in [2.05, 4.69) is 32.3 Å². The largest absolute Gasteiger partial charge is 0.292 e. The maximum Gasteiger partial charge on any atom is 0.0520 e. The zero-order chi connectivity index (χ0) is 8.74. The van der Waals surface area contributed by atoms with Gasteiger partial charge in [-0.05, 0) is 46.2 Å². The molecule has 0 aliphatic heterocycles. The first kappa shape index (κ1) is 10.4. The summed E-state index contributed by atoms with van der Waals surface area (Å²) in [4.78, 5) is 4.37. The third-order valence-electron chi connectivity index (χ3n) is 1.22. The highest BCUT2D eigenvalue weighted by atomic mass is 14.8. The minimum atomic E-state index is 0.0914. The molecule has 64 valence electrons. The summed E-state index contributed by atoms with van der Waals surface area (Å²) < 4.78 is 0. The molecule has 0 heterocycles. The molecule has 0 aliphatic rings. The number of rotatable bonds is 4. The van der Waals surface area contributed by atoms with E-state index < -0.39 is 0 Å². The first-order chi connectivity index (χ1) is 5.06. The van der Waals surface area contributed by atoms with Gasteiger partial charge in [-0.15, -0.1) is 6.58 Å². The van der Waals surface area contributed by atoms with Gasteiger partial charge in [0, 0.05) is 0 Å². The van der Waals surface area contributed by atoms with Gasteiger partial charge in [0.2, 0.25) is 0 Å². The number of allylic oxidation sites excluding steroid dienone is 1. The molecule has 0 fully saturated rings. The Hall–Kier alpha value is -0.590. The highest BCUT2D eigenvalue weighted by molar-refractivity contribution is 5.57. The van der Waals surface area contributed by atoms with Crippen LogP contribution in [0.2, 0.25) is 0 Å². The van der Waals surface area contributed by atoms with Crippen LogP contribution in [-0.4, -0.2) is 11.8 Å². The fourth-order valence-corrected chi connectivity index (χ4v) is 0.692. The van der Waals surface area contributed by atoms with E-state index >= 15 is 0 Å². The Bertz CT molecular complexity index is 128. The second kappa shape index (κ2) is 5.11. The van der Waals surface area contributed by atoms with Crippen LogP contribution in [-0.2, 0) is 0 Å². The monoisotopic (exact) mass is 153 g/mol. The molecule has 0 saturated carbocycles. The van der Waals surface area contributed by atoms with E-state index in [1.165, 1.54) is 6.42 Å². The van der Waals surface area contributed by atoms with Crippen molar-refractivity contribution in [2.45, 2.75) is 45.6 Å². The minimum absolute atomic E-state index is 0.0914. The van der Waals surface area contributed by atoms with Crippen LogP contribution < -0.4 is 0 Å². The second-order valence-electron chi connectivity index (χ2n) is 3.70. The molecule has 0 saturated heterocycles. The smallest absolute Gasteiger partial charge is 0.0520 e. The summed E-state index contributed by atoms with van der Waals surface area (Å²) in [6.07, 6.45) is 7.30. The van der Waals surface area contributed by atoms with Crippen molar-refractivity contribution in [1.82, 2.24) is 0 Å². The zero-order valence-electron chi connectivity index (χ0n) is 7.93. The highest BCUT2D eigenvalue weighted by Crippen LogP contribution is 2.05. The molecule has 0 aromatic heterocycles. The van der Waals surface area contributed by atoms with Gasteiger partial charge in [-0.3, -0.25) is 4.99 Å². The van der Waals surface area contributed by atoms with Crippen LogP contribution in [0.25, 0.3) is 0 Å². The maximum absolute atomic E-state index is 4.37. The molecular weight excluding hydrogens is 134 g/mol. The molecule has 0 radical (unpaired) electrons. The average molecular weight is 153 g/mol. The van der Waals surface area contributed by atoms with Gasteiger partial charge in [-0.25, -0.2) is 0 Å². The fraction of sp³-hybridized carbons (Fsp3) is 0.700. The summed E-state index contributed by atoms with van der Waals surface area (Å²) >= 11 is 0. The van der Waals surface area contributed by atoms with Gasteiger partial charge < -0.3 is 0 Å². The van der Waals surface area contributed by atoms with Crippen LogP contribution in [0.1, 0.15) is 40.0 Å². The van der Waals surface area contributed by atoms with Crippen LogP contribution >= 0.6 is 0 Å². The van der Waals surface area contributed by atoms with Crippen LogP contribution in [0.15, 0.2) is 17.6 Å². The Labute approximate surface area is 70.2 Å². The third-order valence-corrected chi connectivity index (χ3v) is 1.22. The number of hydrogen-bond acceptors (Lipinski definition) is 1. The summed E-state index contributed by atoms with van der Waals surface area (Å²) in [6.45, 7) is 9.99. The van der Waals surface area contributed by atoms with Crippen molar-refractivity contribution in [3.05, 3.63) is 12.7 Å². The van der Waals surface area contributed by atoms with E-state index in [4.69, 9.17) is 0 Å². The molecule has 0 bridgehead atoms. The van der Waals surface area contributed by atoms with Crippen LogP contribution in [0.5, 0.6) is 0 Å². The molecule has 0 aromatic rings. The predicted molar refractivity (Wildman–Crippen MR) is 52.3 cm³/mol. The summed E-state index contributed by atoms with van der Waals surface area (Å²) in [6, 6.07) is 0. The van der Waals surface area contributed by atoms with E-state index in [1.54, 1.807) is 0 Å². The molecule has 1 heteroatoms. The predicted octanol–water partition coefficient (Wildman–Crippen LogP) is 3.21. The van der Waals surface area contributed by atoms with Crippen molar-refractivity contribution < 1.29 is 0 Å². The van der Waals surface area contributed by atoms with Gasteiger partial charge in [0.1, 0.15) is 0 Å². The first-order valence-corrected chi connectivity index (χ1v) is 4.21. The molecule has 0 N–H and O–H groups in total. The molecule has 0 unspecified atom stereocenters. The summed E-state index contributed by atoms with van der Waals surface area (Å²) in [7, 11) is 0. The van der Waals surface area contributed by atoms with E-state index in [0.717, 1.165) is 12.8 Å². The minimum Gasteiger partial charge on any atom is -0.292 e. The normalized spacial score (nSPS) is 12.3. The Morgan fingerprint density at radius 1 is 1.27 bits per heavy atom. The second-order valence-corrected chi connectivity index (χ2v) is 3.70. The Morgan fingerprint density at radius 2 is 1.91 bits per heavy atom.